The zero-order valence-corrected chi connectivity index (χ0v) is 28.1. The molecule has 2 rings (SSSR count). The van der Waals surface area contributed by atoms with Crippen LogP contribution in [0.1, 0.15) is 78.4 Å². The average Bonchev–Trinajstić information content (AvgIpc) is 3.56. The van der Waals surface area contributed by atoms with Crippen molar-refractivity contribution in [3.8, 4) is 0 Å². The Morgan fingerprint density at radius 2 is 1.19 bits per heavy atom. The number of nitrogens with zero attached hydrogens (tertiary/aromatic N) is 5. The van der Waals surface area contributed by atoms with E-state index in [1.54, 1.807) is 0 Å². The van der Waals surface area contributed by atoms with Gasteiger partial charge in [-0.15, -0.1) is 0 Å². The molecule has 0 aromatic carbocycles. The number of aryl methyl sites for hydroxylation is 2. The van der Waals surface area contributed by atoms with Gasteiger partial charge in [0.15, 0.2) is 0 Å². The van der Waals surface area contributed by atoms with Gasteiger partial charge in [-0.1, -0.05) is 6.42 Å². The molecule has 2 aromatic rings. The maximum Gasteiger partial charge on any atom is 0.330 e. The lowest BCUT2D eigenvalue weighted by molar-refractivity contribution is 0.218. The van der Waals surface area contributed by atoms with Gasteiger partial charge in [-0.25, -0.2) is 9.97 Å². The minimum absolute atomic E-state index is 0.185. The van der Waals surface area contributed by atoms with E-state index in [1.807, 2.05) is 59.4 Å². The summed E-state index contributed by atoms with van der Waals surface area (Å²) in [6.45, 7) is 14.3. The summed E-state index contributed by atoms with van der Waals surface area (Å²) >= 11 is 0. The number of nitrogens with two attached hydrogens (primary N) is 1. The molecule has 0 amide bonds. The van der Waals surface area contributed by atoms with Gasteiger partial charge in [0.1, 0.15) is 11.6 Å². The standard InChI is InChI=1S/C28H54N6O6P2/c1-6-37-41(35,38-7-2)22-12-18-33-20-15-30-27(33)24-32(17-11-10-14-26(5)29)25-28-31-16-21-34(28)19-13-23-42(36,39-8-3)40-9-4/h15-16,20-21,26H,6-14,17-19,22-25,29H2,1-5H3. The van der Waals surface area contributed by atoms with Crippen LogP contribution in [0.3, 0.4) is 0 Å². The topological polar surface area (TPSA) is 136 Å². The zero-order chi connectivity index (χ0) is 30.8. The molecule has 0 fully saturated rings. The Morgan fingerprint density at radius 3 is 1.57 bits per heavy atom. The molecule has 0 aliphatic heterocycles. The summed E-state index contributed by atoms with van der Waals surface area (Å²) < 4.78 is 51.8. The van der Waals surface area contributed by atoms with Gasteiger partial charge in [0, 0.05) is 43.9 Å². The van der Waals surface area contributed by atoms with Gasteiger partial charge in [0.2, 0.25) is 0 Å². The maximum atomic E-state index is 12.9. The second-order valence-corrected chi connectivity index (χ2v) is 14.7. The minimum atomic E-state index is -3.08. The Kier molecular flexibility index (Phi) is 17.4. The van der Waals surface area contributed by atoms with E-state index in [2.05, 4.69) is 24.0 Å². The van der Waals surface area contributed by atoms with Crippen LogP contribution in [0, 0.1) is 0 Å². The van der Waals surface area contributed by atoms with Crippen LogP contribution in [0.4, 0.5) is 0 Å². The molecule has 0 saturated heterocycles. The van der Waals surface area contributed by atoms with Crippen LogP contribution in [0.2, 0.25) is 0 Å². The summed E-state index contributed by atoms with van der Waals surface area (Å²) in [7, 11) is -6.16. The highest BCUT2D eigenvalue weighted by atomic mass is 31.2. The molecule has 1 unspecified atom stereocenters. The first-order valence-electron chi connectivity index (χ1n) is 15.4. The second-order valence-electron chi connectivity index (χ2n) is 10.3. The molecule has 14 heteroatoms. The zero-order valence-electron chi connectivity index (χ0n) is 26.4. The number of hydrogen-bond acceptors (Lipinski definition) is 10. The van der Waals surface area contributed by atoms with Gasteiger partial charge >= 0.3 is 15.2 Å². The highest BCUT2D eigenvalue weighted by Gasteiger charge is 2.24. The highest BCUT2D eigenvalue weighted by molar-refractivity contribution is 7.54. The minimum Gasteiger partial charge on any atom is -0.334 e. The summed E-state index contributed by atoms with van der Waals surface area (Å²) in [5.41, 5.74) is 5.98. The summed E-state index contributed by atoms with van der Waals surface area (Å²) in [5.74, 6) is 1.88. The molecular weight excluding hydrogens is 578 g/mol. The molecule has 0 bridgehead atoms. The molecule has 242 valence electrons. The van der Waals surface area contributed by atoms with Crippen molar-refractivity contribution >= 4 is 15.2 Å². The van der Waals surface area contributed by atoms with Crippen LogP contribution in [0.25, 0.3) is 0 Å². The Morgan fingerprint density at radius 1 is 0.762 bits per heavy atom. The maximum absolute atomic E-state index is 12.9. The second kappa shape index (κ2) is 19.8. The fourth-order valence-electron chi connectivity index (χ4n) is 4.80. The first-order valence-corrected chi connectivity index (χ1v) is 18.9. The van der Waals surface area contributed by atoms with Gasteiger partial charge < -0.3 is 33.0 Å². The Bertz CT molecular complexity index is 998. The molecular formula is C28H54N6O6P2. The van der Waals surface area contributed by atoms with Gasteiger partial charge in [-0.2, -0.15) is 0 Å². The average molecular weight is 633 g/mol. The van der Waals surface area contributed by atoms with Crippen molar-refractivity contribution in [3.63, 3.8) is 0 Å². The smallest absolute Gasteiger partial charge is 0.330 e. The van der Waals surface area contributed by atoms with Crippen LogP contribution in [-0.2, 0) is 53.4 Å². The van der Waals surface area contributed by atoms with Crippen LogP contribution in [0.5, 0.6) is 0 Å². The Balaban J connectivity index is 2.06. The fraction of sp³-hybridized carbons (Fsp3) is 0.786. The van der Waals surface area contributed by atoms with E-state index in [0.29, 0.717) is 77.8 Å². The SMILES string of the molecule is CCOP(=O)(CCCn1ccnc1CN(CCCCC(C)N)Cc1nccn1CCCP(=O)(OCC)OCC)OCC. The molecule has 42 heavy (non-hydrogen) atoms. The van der Waals surface area contributed by atoms with Crippen LogP contribution < -0.4 is 5.73 Å². The van der Waals surface area contributed by atoms with Crippen molar-refractivity contribution in [2.45, 2.75) is 98.9 Å². The Labute approximate surface area is 252 Å². The lowest BCUT2D eigenvalue weighted by Crippen LogP contribution is -2.28. The van der Waals surface area contributed by atoms with E-state index in [-0.39, 0.29) is 6.04 Å². The molecule has 0 saturated carbocycles. The van der Waals surface area contributed by atoms with E-state index in [0.717, 1.165) is 37.5 Å². The van der Waals surface area contributed by atoms with Gasteiger partial charge in [-0.3, -0.25) is 14.0 Å². The fourth-order valence-corrected chi connectivity index (χ4v) is 8.09. The monoisotopic (exact) mass is 632 g/mol. The van der Waals surface area contributed by atoms with Crippen molar-refractivity contribution in [1.29, 1.82) is 0 Å². The van der Waals surface area contributed by atoms with E-state index < -0.39 is 15.2 Å². The molecule has 0 aliphatic rings. The predicted molar refractivity (Wildman–Crippen MR) is 167 cm³/mol. The van der Waals surface area contributed by atoms with Crippen LogP contribution in [-0.4, -0.2) is 75.3 Å². The molecule has 0 aliphatic carbocycles. The van der Waals surface area contributed by atoms with Crippen molar-refractivity contribution in [2.24, 2.45) is 5.73 Å². The van der Waals surface area contributed by atoms with Gasteiger partial charge in [0.05, 0.1) is 51.8 Å². The van der Waals surface area contributed by atoms with Crippen molar-refractivity contribution in [1.82, 2.24) is 24.0 Å². The van der Waals surface area contributed by atoms with E-state index >= 15 is 0 Å². The number of unbranched alkanes of at least 4 members (excludes halogenated alkanes) is 1. The third-order valence-electron chi connectivity index (χ3n) is 6.68. The molecule has 2 heterocycles. The van der Waals surface area contributed by atoms with E-state index in [4.69, 9.17) is 23.8 Å². The van der Waals surface area contributed by atoms with Crippen LogP contribution >= 0.6 is 15.2 Å². The van der Waals surface area contributed by atoms with Crippen molar-refractivity contribution in [2.75, 3.05) is 45.3 Å². The third kappa shape index (κ3) is 13.5. The number of hydrogen-bond donors (Lipinski definition) is 1. The third-order valence-corrected chi connectivity index (χ3v) is 11.0. The quantitative estimate of drug-likeness (QED) is 0.104. The number of aromatic nitrogens is 4. The molecule has 2 N–H and O–H groups in total. The van der Waals surface area contributed by atoms with E-state index in [9.17, 15) is 9.13 Å². The number of imidazole rings is 2. The molecule has 0 spiro atoms. The molecule has 1 atom stereocenters. The Hall–Kier alpha value is -1.36. The highest BCUT2D eigenvalue weighted by Crippen LogP contribution is 2.49. The summed E-state index contributed by atoms with van der Waals surface area (Å²) in [6, 6.07) is 0.185. The molecule has 0 radical (unpaired) electrons. The van der Waals surface area contributed by atoms with Crippen molar-refractivity contribution < 1.29 is 27.2 Å². The predicted octanol–water partition coefficient (Wildman–Crippen LogP) is 5.91. The van der Waals surface area contributed by atoms with Crippen molar-refractivity contribution in [3.05, 3.63) is 36.4 Å². The van der Waals surface area contributed by atoms with Crippen LogP contribution in [0.15, 0.2) is 24.8 Å². The normalized spacial score (nSPS) is 13.3. The molecule has 12 nitrogen and oxygen atoms in total. The summed E-state index contributed by atoms with van der Waals surface area (Å²) in [4.78, 5) is 11.7. The van der Waals surface area contributed by atoms with E-state index in [1.165, 1.54) is 0 Å². The lowest BCUT2D eigenvalue weighted by atomic mass is 10.1. The molecule has 2 aromatic heterocycles. The largest absolute Gasteiger partial charge is 0.334 e. The van der Waals surface area contributed by atoms with Gasteiger partial charge in [-0.05, 0) is 66.8 Å². The van der Waals surface area contributed by atoms with Gasteiger partial charge in [0.25, 0.3) is 0 Å². The number of rotatable bonds is 25. The summed E-state index contributed by atoms with van der Waals surface area (Å²) in [5, 5.41) is 0. The summed E-state index contributed by atoms with van der Waals surface area (Å²) in [6.07, 6.45) is 12.6. The lowest BCUT2D eigenvalue weighted by Gasteiger charge is -2.23. The first-order chi connectivity index (χ1) is 20.2. The first kappa shape index (κ1) is 36.8.